The number of amides is 1. The summed E-state index contributed by atoms with van der Waals surface area (Å²) in [5, 5.41) is 0. The Morgan fingerprint density at radius 2 is 2.11 bits per heavy atom. The second kappa shape index (κ2) is 5.38. The molecule has 0 aromatic heterocycles. The van der Waals surface area contributed by atoms with Gasteiger partial charge < -0.3 is 9.64 Å². The summed E-state index contributed by atoms with van der Waals surface area (Å²) in [6.45, 7) is 10.6. The topological polar surface area (TPSA) is 46.6 Å². The van der Waals surface area contributed by atoms with Crippen molar-refractivity contribution in [2.24, 2.45) is 0 Å². The zero-order valence-corrected chi connectivity index (χ0v) is 11.5. The van der Waals surface area contributed by atoms with E-state index in [4.69, 9.17) is 4.74 Å². The van der Waals surface area contributed by atoms with Crippen molar-refractivity contribution in [2.45, 2.75) is 52.2 Å². The molecule has 4 heteroatoms. The van der Waals surface area contributed by atoms with Crippen molar-refractivity contribution < 1.29 is 14.3 Å². The fourth-order valence-electron chi connectivity index (χ4n) is 1.84. The highest BCUT2D eigenvalue weighted by atomic mass is 16.6. The lowest BCUT2D eigenvalue weighted by Crippen LogP contribution is -2.45. The van der Waals surface area contributed by atoms with Crippen LogP contribution in [0.1, 0.15) is 40.5 Å². The minimum absolute atomic E-state index is 0.162. The molecular formula is C14H21NO3. The van der Waals surface area contributed by atoms with Gasteiger partial charge in [-0.3, -0.25) is 4.79 Å². The van der Waals surface area contributed by atoms with Crippen LogP contribution in [0.2, 0.25) is 0 Å². The molecule has 0 bridgehead atoms. The molecule has 0 radical (unpaired) electrons. The van der Waals surface area contributed by atoms with Gasteiger partial charge in [-0.2, -0.15) is 0 Å². The van der Waals surface area contributed by atoms with Gasteiger partial charge >= 0.3 is 5.97 Å². The summed E-state index contributed by atoms with van der Waals surface area (Å²) in [4.78, 5) is 25.1. The number of hydrogen-bond donors (Lipinski definition) is 0. The average molecular weight is 251 g/mol. The minimum atomic E-state index is -0.540. The highest BCUT2D eigenvalue weighted by molar-refractivity contribution is 5.84. The number of allylic oxidation sites excluding steroid dienone is 2. The van der Waals surface area contributed by atoms with Crippen LogP contribution in [0.15, 0.2) is 24.4 Å². The van der Waals surface area contributed by atoms with Crippen molar-refractivity contribution in [3.63, 3.8) is 0 Å². The monoisotopic (exact) mass is 251 g/mol. The Labute approximate surface area is 108 Å². The average Bonchev–Trinajstić information content (AvgIpc) is 2.25. The summed E-state index contributed by atoms with van der Waals surface area (Å²) >= 11 is 0. The van der Waals surface area contributed by atoms with Crippen molar-refractivity contribution >= 4 is 11.9 Å². The summed E-state index contributed by atoms with van der Waals surface area (Å²) in [5.74, 6) is -0.512. The van der Waals surface area contributed by atoms with E-state index >= 15 is 0 Å². The summed E-state index contributed by atoms with van der Waals surface area (Å²) in [7, 11) is 0. The summed E-state index contributed by atoms with van der Waals surface area (Å²) < 4.78 is 5.34. The van der Waals surface area contributed by atoms with Gasteiger partial charge in [-0.15, -0.1) is 0 Å². The third-order valence-corrected chi connectivity index (χ3v) is 2.65. The van der Waals surface area contributed by atoms with E-state index in [1.165, 1.54) is 11.8 Å². The molecule has 1 aliphatic heterocycles. The fourth-order valence-corrected chi connectivity index (χ4v) is 1.84. The second-order valence-corrected chi connectivity index (χ2v) is 5.42. The predicted octanol–water partition coefficient (Wildman–Crippen LogP) is 2.41. The molecule has 1 aliphatic rings. The van der Waals surface area contributed by atoms with Crippen LogP contribution < -0.4 is 0 Å². The van der Waals surface area contributed by atoms with E-state index in [2.05, 4.69) is 6.58 Å². The molecule has 1 amide bonds. The fraction of sp³-hybridized carbons (Fsp3) is 0.571. The molecule has 0 saturated heterocycles. The van der Waals surface area contributed by atoms with Gasteiger partial charge in [0.15, 0.2) is 0 Å². The lowest BCUT2D eigenvalue weighted by atomic mass is 10.00. The van der Waals surface area contributed by atoms with E-state index in [0.717, 1.165) is 12.0 Å². The Bertz CT molecular complexity index is 390. The van der Waals surface area contributed by atoms with Crippen LogP contribution in [0.25, 0.3) is 0 Å². The zero-order chi connectivity index (χ0) is 13.9. The predicted molar refractivity (Wildman–Crippen MR) is 69.7 cm³/mol. The first kappa shape index (κ1) is 14.5. The van der Waals surface area contributed by atoms with E-state index < -0.39 is 11.6 Å². The van der Waals surface area contributed by atoms with Crippen LogP contribution in [-0.4, -0.2) is 28.4 Å². The lowest BCUT2D eigenvalue weighted by molar-refractivity contribution is -0.163. The maximum Gasteiger partial charge on any atom is 0.329 e. The molecule has 0 saturated carbocycles. The number of nitrogens with zero attached hydrogens (tertiary/aromatic N) is 1. The molecule has 0 aromatic carbocycles. The highest BCUT2D eigenvalue weighted by Gasteiger charge is 2.33. The van der Waals surface area contributed by atoms with Crippen molar-refractivity contribution in [1.29, 1.82) is 0 Å². The Hall–Kier alpha value is -1.58. The molecule has 1 rings (SSSR count). The van der Waals surface area contributed by atoms with Gasteiger partial charge in [0.1, 0.15) is 11.6 Å². The van der Waals surface area contributed by atoms with Gasteiger partial charge in [0.05, 0.1) is 0 Å². The summed E-state index contributed by atoms with van der Waals surface area (Å²) in [6, 6.07) is -0.523. The summed E-state index contributed by atoms with van der Waals surface area (Å²) in [6.07, 6.45) is 4.71. The van der Waals surface area contributed by atoms with Crippen LogP contribution in [0.3, 0.4) is 0 Å². The smallest absolute Gasteiger partial charge is 0.329 e. The number of carbonyl (C=O) groups excluding carboxylic acids is 2. The molecule has 0 aromatic rings. The first-order valence-electron chi connectivity index (χ1n) is 6.09. The molecule has 1 atom stereocenters. The van der Waals surface area contributed by atoms with Crippen molar-refractivity contribution in [3.05, 3.63) is 24.4 Å². The third-order valence-electron chi connectivity index (χ3n) is 2.65. The quantitative estimate of drug-likeness (QED) is 0.708. The Morgan fingerprint density at radius 1 is 1.50 bits per heavy atom. The lowest BCUT2D eigenvalue weighted by Gasteiger charge is -2.33. The Morgan fingerprint density at radius 3 is 2.56 bits per heavy atom. The molecule has 18 heavy (non-hydrogen) atoms. The van der Waals surface area contributed by atoms with Crippen LogP contribution in [0.5, 0.6) is 0 Å². The first-order valence-corrected chi connectivity index (χ1v) is 6.09. The largest absolute Gasteiger partial charge is 0.458 e. The number of carbonyl (C=O) groups is 2. The van der Waals surface area contributed by atoms with Crippen molar-refractivity contribution in [2.75, 3.05) is 0 Å². The SMILES string of the molecule is C=CC1=CN(C(C)=O)C(C(=O)OC(C)(C)C)CC1. The van der Waals surface area contributed by atoms with Gasteiger partial charge in [0.2, 0.25) is 5.91 Å². The van der Waals surface area contributed by atoms with E-state index in [0.29, 0.717) is 6.42 Å². The van der Waals surface area contributed by atoms with Crippen LogP contribution in [0.4, 0.5) is 0 Å². The second-order valence-electron chi connectivity index (χ2n) is 5.42. The molecule has 1 unspecified atom stereocenters. The number of hydrogen-bond acceptors (Lipinski definition) is 3. The Balaban J connectivity index is 2.88. The van der Waals surface area contributed by atoms with Gasteiger partial charge in [0, 0.05) is 13.1 Å². The number of esters is 1. The van der Waals surface area contributed by atoms with Crippen LogP contribution in [0, 0.1) is 0 Å². The van der Waals surface area contributed by atoms with Crippen LogP contribution in [-0.2, 0) is 14.3 Å². The van der Waals surface area contributed by atoms with Gasteiger partial charge in [-0.25, -0.2) is 4.79 Å². The molecule has 100 valence electrons. The van der Waals surface area contributed by atoms with Gasteiger partial charge in [-0.05, 0) is 39.2 Å². The maximum absolute atomic E-state index is 12.1. The van der Waals surface area contributed by atoms with Crippen LogP contribution >= 0.6 is 0 Å². The Kier molecular flexibility index (Phi) is 4.33. The standard InChI is InChI=1S/C14H21NO3/c1-6-11-7-8-12(15(9-11)10(2)16)13(17)18-14(3,4)5/h6,9,12H,1,7-8H2,2-5H3. The number of ether oxygens (including phenoxy) is 1. The van der Waals surface area contributed by atoms with Gasteiger partial charge in [-0.1, -0.05) is 12.7 Å². The first-order chi connectivity index (χ1) is 8.24. The van der Waals surface area contributed by atoms with E-state index in [1.54, 1.807) is 12.3 Å². The van der Waals surface area contributed by atoms with Crippen molar-refractivity contribution in [1.82, 2.24) is 4.90 Å². The maximum atomic E-state index is 12.1. The molecule has 0 N–H and O–H groups in total. The molecule has 0 fully saturated rings. The number of rotatable bonds is 2. The minimum Gasteiger partial charge on any atom is -0.458 e. The molecule has 0 spiro atoms. The van der Waals surface area contributed by atoms with E-state index in [1.807, 2.05) is 20.8 Å². The third kappa shape index (κ3) is 3.72. The summed E-state index contributed by atoms with van der Waals surface area (Å²) in [5.41, 5.74) is 0.423. The van der Waals surface area contributed by atoms with Crippen molar-refractivity contribution in [3.8, 4) is 0 Å². The molecule has 1 heterocycles. The van der Waals surface area contributed by atoms with E-state index in [-0.39, 0.29) is 11.9 Å². The molecule has 0 aliphatic carbocycles. The van der Waals surface area contributed by atoms with E-state index in [9.17, 15) is 9.59 Å². The normalized spacial score (nSPS) is 20.1. The van der Waals surface area contributed by atoms with Gasteiger partial charge in [0.25, 0.3) is 0 Å². The zero-order valence-electron chi connectivity index (χ0n) is 11.5. The molecular weight excluding hydrogens is 230 g/mol. The highest BCUT2D eigenvalue weighted by Crippen LogP contribution is 2.24. The molecule has 4 nitrogen and oxygen atoms in total.